The Hall–Kier alpha value is -6.78. The molecule has 2 heterocycles. The van der Waals surface area contributed by atoms with Crippen LogP contribution in [0.1, 0.15) is 22.3 Å². The topological polar surface area (TPSA) is 51.6 Å². The lowest BCUT2D eigenvalue weighted by atomic mass is 9.85. The van der Waals surface area contributed by atoms with E-state index in [0.717, 1.165) is 61.2 Å². The van der Waals surface area contributed by atoms with Gasteiger partial charge in [-0.2, -0.15) is 0 Å². The van der Waals surface area contributed by atoms with Gasteiger partial charge < -0.3 is 0 Å². The number of pyridine rings is 1. The average molecular weight is 641 g/mol. The first kappa shape index (κ1) is 30.5. The van der Waals surface area contributed by atoms with Crippen molar-refractivity contribution < 1.29 is 0 Å². The van der Waals surface area contributed by atoms with Crippen molar-refractivity contribution in [2.75, 3.05) is 0 Å². The van der Waals surface area contributed by atoms with E-state index in [1.54, 1.807) is 6.20 Å². The Bertz CT molecular complexity index is 2330. The molecule has 0 unspecified atom stereocenters. The summed E-state index contributed by atoms with van der Waals surface area (Å²) in [6.45, 7) is 0. The molecule has 0 aliphatic carbocycles. The van der Waals surface area contributed by atoms with Crippen molar-refractivity contribution in [1.82, 2.24) is 19.9 Å². The third-order valence-electron chi connectivity index (χ3n) is 8.65. The lowest BCUT2D eigenvalue weighted by Crippen LogP contribution is -2.01. The molecule has 0 bridgehead atoms. The predicted molar refractivity (Wildman–Crippen MR) is 204 cm³/mol. The summed E-state index contributed by atoms with van der Waals surface area (Å²) in [5.74, 6) is 1.85. The molecule has 4 heteroatoms. The van der Waals surface area contributed by atoms with Gasteiger partial charge in [-0.05, 0) is 56.7 Å². The van der Waals surface area contributed by atoms with Crippen molar-refractivity contribution in [1.29, 1.82) is 0 Å². The zero-order chi connectivity index (χ0) is 33.5. The van der Waals surface area contributed by atoms with Crippen LogP contribution in [0.25, 0.3) is 56.4 Å². The van der Waals surface area contributed by atoms with Crippen LogP contribution in [-0.4, -0.2) is 19.9 Å². The summed E-state index contributed by atoms with van der Waals surface area (Å²) in [6, 6.07) is 62.8. The van der Waals surface area contributed by atoms with Crippen LogP contribution in [0.15, 0.2) is 194 Å². The molecule has 0 aliphatic heterocycles. The zero-order valence-corrected chi connectivity index (χ0v) is 27.3. The minimum atomic E-state index is 0.612. The van der Waals surface area contributed by atoms with Crippen LogP contribution >= 0.6 is 0 Å². The van der Waals surface area contributed by atoms with Crippen molar-refractivity contribution in [2.45, 2.75) is 0 Å². The van der Waals surface area contributed by atoms with Crippen LogP contribution in [0.5, 0.6) is 0 Å². The van der Waals surface area contributed by atoms with Crippen molar-refractivity contribution in [2.24, 2.45) is 0 Å². The van der Waals surface area contributed by atoms with Gasteiger partial charge in [0.25, 0.3) is 0 Å². The summed E-state index contributed by atoms with van der Waals surface area (Å²) < 4.78 is 0. The van der Waals surface area contributed by atoms with E-state index in [9.17, 15) is 0 Å². The highest BCUT2D eigenvalue weighted by Gasteiger charge is 2.18. The first-order valence-corrected chi connectivity index (χ1v) is 16.6. The minimum absolute atomic E-state index is 0.612. The second kappa shape index (κ2) is 14.1. The first-order valence-electron chi connectivity index (χ1n) is 16.6. The summed E-state index contributed by atoms with van der Waals surface area (Å²) in [4.78, 5) is 19.4. The number of hydrogen-bond acceptors (Lipinski definition) is 4. The molecule has 6 aromatic carbocycles. The van der Waals surface area contributed by atoms with E-state index in [1.165, 1.54) is 0 Å². The molecule has 0 fully saturated rings. The summed E-state index contributed by atoms with van der Waals surface area (Å²) in [5.41, 5.74) is 11.7. The van der Waals surface area contributed by atoms with Crippen molar-refractivity contribution in [3.8, 4) is 45.3 Å². The zero-order valence-electron chi connectivity index (χ0n) is 27.3. The minimum Gasteiger partial charge on any atom is -0.264 e. The van der Waals surface area contributed by atoms with Gasteiger partial charge in [0.1, 0.15) is 0 Å². The third-order valence-corrected chi connectivity index (χ3v) is 8.65. The van der Waals surface area contributed by atoms with Gasteiger partial charge in [-0.25, -0.2) is 15.0 Å². The Kier molecular flexibility index (Phi) is 8.64. The predicted octanol–water partition coefficient (Wildman–Crippen LogP) is 10.9. The van der Waals surface area contributed by atoms with Crippen molar-refractivity contribution in [3.63, 3.8) is 0 Å². The fourth-order valence-electron chi connectivity index (χ4n) is 6.23. The van der Waals surface area contributed by atoms with Gasteiger partial charge in [0.15, 0.2) is 17.5 Å². The maximum atomic E-state index is 5.09. The average Bonchev–Trinajstić information content (AvgIpc) is 3.21. The summed E-state index contributed by atoms with van der Waals surface area (Å²) in [5, 5.41) is 0. The first-order chi connectivity index (χ1) is 24.8. The summed E-state index contributed by atoms with van der Waals surface area (Å²) in [7, 11) is 0. The monoisotopic (exact) mass is 640 g/mol. The van der Waals surface area contributed by atoms with Crippen molar-refractivity contribution >= 4 is 11.1 Å². The Balaban J connectivity index is 1.31. The van der Waals surface area contributed by atoms with E-state index in [0.29, 0.717) is 17.5 Å². The molecule has 0 saturated heterocycles. The Morgan fingerprint density at radius 3 is 1.22 bits per heavy atom. The van der Waals surface area contributed by atoms with Gasteiger partial charge in [0, 0.05) is 29.1 Å². The van der Waals surface area contributed by atoms with E-state index in [1.807, 2.05) is 42.6 Å². The number of hydrogen-bond donors (Lipinski definition) is 0. The highest BCUT2D eigenvalue weighted by Crippen LogP contribution is 2.38. The molecule has 0 amide bonds. The summed E-state index contributed by atoms with van der Waals surface area (Å²) >= 11 is 0. The van der Waals surface area contributed by atoms with E-state index in [2.05, 4.69) is 151 Å². The molecule has 0 saturated carbocycles. The van der Waals surface area contributed by atoms with Gasteiger partial charge in [-0.15, -0.1) is 0 Å². The highest BCUT2D eigenvalue weighted by atomic mass is 15.0. The SMILES string of the molecule is c1ccc(C(=C(c2ccccc2)c2cccc(-c3nc(-c4ccccc4)nc(-c4ccc(-c5cccnc5)cc4)n3)c2)c2ccccc2)cc1. The van der Waals surface area contributed by atoms with E-state index >= 15 is 0 Å². The molecule has 2 aromatic heterocycles. The normalized spacial score (nSPS) is 10.8. The van der Waals surface area contributed by atoms with Gasteiger partial charge in [0.05, 0.1) is 0 Å². The molecule has 0 spiro atoms. The van der Waals surface area contributed by atoms with E-state index < -0.39 is 0 Å². The molecule has 0 atom stereocenters. The second-order valence-electron chi connectivity index (χ2n) is 11.9. The van der Waals surface area contributed by atoms with Crippen LogP contribution in [0, 0.1) is 0 Å². The third kappa shape index (κ3) is 6.51. The molecular weight excluding hydrogens is 609 g/mol. The van der Waals surface area contributed by atoms with Crippen LogP contribution in [0.2, 0.25) is 0 Å². The Morgan fingerprint density at radius 2 is 0.700 bits per heavy atom. The Morgan fingerprint density at radius 1 is 0.300 bits per heavy atom. The van der Waals surface area contributed by atoms with Crippen LogP contribution in [0.3, 0.4) is 0 Å². The van der Waals surface area contributed by atoms with Gasteiger partial charge >= 0.3 is 0 Å². The summed E-state index contributed by atoms with van der Waals surface area (Å²) in [6.07, 6.45) is 3.66. The van der Waals surface area contributed by atoms with Gasteiger partial charge in [-0.1, -0.05) is 170 Å². The van der Waals surface area contributed by atoms with Crippen LogP contribution in [0.4, 0.5) is 0 Å². The van der Waals surface area contributed by atoms with Gasteiger partial charge in [0.2, 0.25) is 0 Å². The van der Waals surface area contributed by atoms with Gasteiger partial charge in [-0.3, -0.25) is 4.98 Å². The van der Waals surface area contributed by atoms with Crippen LogP contribution in [-0.2, 0) is 0 Å². The molecule has 8 aromatic rings. The van der Waals surface area contributed by atoms with Crippen molar-refractivity contribution in [3.05, 3.63) is 217 Å². The quantitative estimate of drug-likeness (QED) is 0.155. The fraction of sp³-hybridized carbons (Fsp3) is 0. The Labute approximate surface area is 292 Å². The molecule has 0 aliphatic rings. The van der Waals surface area contributed by atoms with E-state index in [-0.39, 0.29) is 0 Å². The second-order valence-corrected chi connectivity index (χ2v) is 11.9. The highest BCUT2D eigenvalue weighted by molar-refractivity contribution is 6.04. The molecule has 0 N–H and O–H groups in total. The molecule has 0 radical (unpaired) electrons. The van der Waals surface area contributed by atoms with Crippen LogP contribution < -0.4 is 0 Å². The number of benzene rings is 6. The largest absolute Gasteiger partial charge is 0.264 e. The number of aromatic nitrogens is 4. The number of nitrogens with zero attached hydrogens (tertiary/aromatic N) is 4. The molecule has 8 rings (SSSR count). The number of rotatable bonds is 8. The lowest BCUT2D eigenvalue weighted by molar-refractivity contribution is 1.07. The van der Waals surface area contributed by atoms with E-state index in [4.69, 9.17) is 15.0 Å². The maximum absolute atomic E-state index is 5.09. The fourth-order valence-corrected chi connectivity index (χ4v) is 6.23. The standard InChI is InChI=1S/C46H32N4/c1-5-15-34(16-6-1)42(35-17-7-2-8-18-35)43(36-19-9-3-10-20-36)39-23-13-24-40(31-39)46-49-44(37-21-11-4-12-22-37)48-45(50-46)38-28-26-33(27-29-38)41-25-14-30-47-32-41/h1-32H. The lowest BCUT2D eigenvalue weighted by Gasteiger charge is -2.18. The molecule has 4 nitrogen and oxygen atoms in total. The molecule has 50 heavy (non-hydrogen) atoms. The molecular formula is C46H32N4. The molecule has 236 valence electrons. The smallest absolute Gasteiger partial charge is 0.164 e. The maximum Gasteiger partial charge on any atom is 0.164 e.